The molecule has 19 heavy (non-hydrogen) atoms. The van der Waals surface area contributed by atoms with Crippen molar-refractivity contribution in [3.8, 4) is 0 Å². The van der Waals surface area contributed by atoms with E-state index in [1.54, 1.807) is 0 Å². The predicted octanol–water partition coefficient (Wildman–Crippen LogP) is 3.62. The third kappa shape index (κ3) is 2.70. The van der Waals surface area contributed by atoms with Crippen LogP contribution in [0, 0.1) is 0 Å². The number of aryl methyl sites for hydroxylation is 2. The van der Waals surface area contributed by atoms with Crippen LogP contribution in [0.5, 0.6) is 0 Å². The highest BCUT2D eigenvalue weighted by Gasteiger charge is 2.11. The summed E-state index contributed by atoms with van der Waals surface area (Å²) in [6.45, 7) is 3.58. The molecule has 0 saturated heterocycles. The molecule has 0 bridgehead atoms. The Hall–Kier alpha value is -2.03. The van der Waals surface area contributed by atoms with E-state index in [9.17, 15) is 9.90 Å². The minimum Gasteiger partial charge on any atom is -0.507 e. The van der Waals surface area contributed by atoms with Crippen molar-refractivity contribution in [3.63, 3.8) is 0 Å². The number of aromatic nitrogens is 1. The molecule has 0 aliphatic carbocycles. The Kier molecular flexibility index (Phi) is 3.74. The molecule has 0 atom stereocenters. The Bertz CT molecular complexity index is 650. The number of rotatable bonds is 4. The first kappa shape index (κ1) is 13.4. The molecule has 3 nitrogen and oxygen atoms in total. The van der Waals surface area contributed by atoms with Gasteiger partial charge < -0.3 is 9.67 Å². The van der Waals surface area contributed by atoms with Crippen molar-refractivity contribution in [2.45, 2.75) is 26.7 Å². The van der Waals surface area contributed by atoms with Gasteiger partial charge in [-0.05, 0) is 31.0 Å². The zero-order valence-electron chi connectivity index (χ0n) is 11.6. The van der Waals surface area contributed by atoms with Crippen LogP contribution in [0.1, 0.15) is 31.4 Å². The normalized spacial score (nSPS) is 12.1. The summed E-state index contributed by atoms with van der Waals surface area (Å²) in [6.07, 6.45) is 5.22. The van der Waals surface area contributed by atoms with E-state index >= 15 is 0 Å². The average molecular weight is 257 g/mol. The van der Waals surface area contributed by atoms with Crippen LogP contribution < -0.4 is 0 Å². The maximum Gasteiger partial charge on any atom is 0.156 e. The summed E-state index contributed by atoms with van der Waals surface area (Å²) >= 11 is 0. The zero-order chi connectivity index (χ0) is 14.0. The smallest absolute Gasteiger partial charge is 0.156 e. The molecule has 0 spiro atoms. The van der Waals surface area contributed by atoms with Crippen LogP contribution in [0.4, 0.5) is 0 Å². The van der Waals surface area contributed by atoms with E-state index in [0.29, 0.717) is 5.56 Å². The lowest BCUT2D eigenvalue weighted by Gasteiger charge is -2.02. The van der Waals surface area contributed by atoms with Crippen LogP contribution in [-0.4, -0.2) is 15.5 Å². The van der Waals surface area contributed by atoms with Gasteiger partial charge in [0.25, 0.3) is 0 Å². The predicted molar refractivity (Wildman–Crippen MR) is 78.2 cm³/mol. The number of ketones is 1. The highest BCUT2D eigenvalue weighted by atomic mass is 16.3. The maximum absolute atomic E-state index is 11.1. The topological polar surface area (TPSA) is 42.2 Å². The number of hydrogen-bond acceptors (Lipinski definition) is 2. The van der Waals surface area contributed by atoms with Crippen LogP contribution in [0.25, 0.3) is 16.7 Å². The molecule has 2 aromatic rings. The second kappa shape index (κ2) is 5.31. The van der Waals surface area contributed by atoms with E-state index in [-0.39, 0.29) is 11.5 Å². The van der Waals surface area contributed by atoms with E-state index in [4.69, 9.17) is 0 Å². The van der Waals surface area contributed by atoms with Gasteiger partial charge in [0.2, 0.25) is 0 Å². The first-order valence-corrected chi connectivity index (χ1v) is 6.52. The first-order chi connectivity index (χ1) is 9.02. The number of hydrogen-bond donors (Lipinski definition) is 1. The zero-order valence-corrected chi connectivity index (χ0v) is 11.6. The van der Waals surface area contributed by atoms with Gasteiger partial charge >= 0.3 is 0 Å². The SMILES string of the molecule is CCCc1ccc2c(c1)c(C(O)=CC(C)=O)cn2C. The van der Waals surface area contributed by atoms with Gasteiger partial charge in [-0.3, -0.25) is 4.79 Å². The van der Waals surface area contributed by atoms with E-state index in [1.807, 2.05) is 17.8 Å². The lowest BCUT2D eigenvalue weighted by Crippen LogP contribution is -1.88. The Morgan fingerprint density at radius 2 is 2.16 bits per heavy atom. The summed E-state index contributed by atoms with van der Waals surface area (Å²) in [7, 11) is 1.94. The van der Waals surface area contributed by atoms with E-state index < -0.39 is 0 Å². The van der Waals surface area contributed by atoms with Gasteiger partial charge in [-0.1, -0.05) is 19.4 Å². The van der Waals surface area contributed by atoms with Crippen LogP contribution in [-0.2, 0) is 18.3 Å². The number of carbonyl (C=O) groups excluding carboxylic acids is 1. The minimum absolute atomic E-state index is 0.0340. The molecule has 3 heteroatoms. The molecule has 1 aromatic carbocycles. The number of allylic oxidation sites excluding steroid dienone is 1. The highest BCUT2D eigenvalue weighted by molar-refractivity contribution is 5.99. The largest absolute Gasteiger partial charge is 0.507 e. The summed E-state index contributed by atoms with van der Waals surface area (Å²) in [5.74, 6) is -0.119. The summed E-state index contributed by atoms with van der Waals surface area (Å²) in [5, 5.41) is 11.0. The van der Waals surface area contributed by atoms with Gasteiger partial charge in [0, 0.05) is 35.8 Å². The molecule has 0 saturated carbocycles. The molecule has 0 amide bonds. The van der Waals surface area contributed by atoms with Crippen molar-refractivity contribution >= 4 is 22.4 Å². The fourth-order valence-corrected chi connectivity index (χ4v) is 2.36. The monoisotopic (exact) mass is 257 g/mol. The second-order valence-corrected chi connectivity index (χ2v) is 4.90. The summed E-state index contributed by atoms with van der Waals surface area (Å²) < 4.78 is 1.96. The van der Waals surface area contributed by atoms with E-state index in [2.05, 4.69) is 25.1 Å². The van der Waals surface area contributed by atoms with Crippen LogP contribution >= 0.6 is 0 Å². The maximum atomic E-state index is 11.1. The fraction of sp³-hybridized carbons (Fsp3) is 0.312. The molecule has 1 aromatic heterocycles. The molecule has 2 rings (SSSR count). The first-order valence-electron chi connectivity index (χ1n) is 6.52. The molecular weight excluding hydrogens is 238 g/mol. The van der Waals surface area contributed by atoms with Gasteiger partial charge in [-0.2, -0.15) is 0 Å². The third-order valence-corrected chi connectivity index (χ3v) is 3.21. The number of fused-ring (bicyclic) bond motifs is 1. The lowest BCUT2D eigenvalue weighted by atomic mass is 10.0. The lowest BCUT2D eigenvalue weighted by molar-refractivity contribution is -0.112. The van der Waals surface area contributed by atoms with Crippen molar-refractivity contribution in [1.82, 2.24) is 4.57 Å². The van der Waals surface area contributed by atoms with Crippen molar-refractivity contribution in [3.05, 3.63) is 41.6 Å². The Labute approximate surface area is 113 Å². The van der Waals surface area contributed by atoms with Crippen molar-refractivity contribution < 1.29 is 9.90 Å². The molecule has 1 heterocycles. The van der Waals surface area contributed by atoms with Crippen molar-refractivity contribution in [2.24, 2.45) is 7.05 Å². The molecule has 0 fully saturated rings. The molecule has 100 valence electrons. The number of nitrogens with zero attached hydrogens (tertiary/aromatic N) is 1. The summed E-state index contributed by atoms with van der Waals surface area (Å²) in [6, 6.07) is 6.27. The molecule has 1 N–H and O–H groups in total. The highest BCUT2D eigenvalue weighted by Crippen LogP contribution is 2.27. The Morgan fingerprint density at radius 3 is 2.79 bits per heavy atom. The second-order valence-electron chi connectivity index (χ2n) is 4.90. The van der Waals surface area contributed by atoms with Gasteiger partial charge in [0.05, 0.1) is 0 Å². The summed E-state index contributed by atoms with van der Waals surface area (Å²) in [5.41, 5.74) is 3.02. The van der Waals surface area contributed by atoms with Crippen LogP contribution in [0.15, 0.2) is 30.5 Å². The number of benzene rings is 1. The molecule has 0 aliphatic heterocycles. The van der Waals surface area contributed by atoms with Gasteiger partial charge in [-0.15, -0.1) is 0 Å². The van der Waals surface area contributed by atoms with Gasteiger partial charge in [-0.25, -0.2) is 0 Å². The number of carbonyl (C=O) groups is 1. The van der Waals surface area contributed by atoms with Crippen molar-refractivity contribution in [1.29, 1.82) is 0 Å². The number of aliphatic hydroxyl groups excluding tert-OH is 1. The molecular formula is C16H19NO2. The van der Waals surface area contributed by atoms with Crippen LogP contribution in [0.3, 0.4) is 0 Å². The third-order valence-electron chi connectivity index (χ3n) is 3.21. The average Bonchev–Trinajstić information content (AvgIpc) is 2.66. The van der Waals surface area contributed by atoms with E-state index in [0.717, 1.165) is 23.7 Å². The number of aliphatic hydroxyl groups is 1. The van der Waals surface area contributed by atoms with Crippen molar-refractivity contribution in [2.75, 3.05) is 0 Å². The quantitative estimate of drug-likeness (QED) is 0.671. The van der Waals surface area contributed by atoms with Gasteiger partial charge in [0.1, 0.15) is 5.76 Å². The van der Waals surface area contributed by atoms with Gasteiger partial charge in [0.15, 0.2) is 5.78 Å². The Morgan fingerprint density at radius 1 is 1.42 bits per heavy atom. The van der Waals surface area contributed by atoms with E-state index in [1.165, 1.54) is 18.6 Å². The molecule has 0 radical (unpaired) electrons. The summed E-state index contributed by atoms with van der Waals surface area (Å²) in [4.78, 5) is 11.1. The molecule has 0 unspecified atom stereocenters. The van der Waals surface area contributed by atoms with Crippen LogP contribution in [0.2, 0.25) is 0 Å². The fourth-order valence-electron chi connectivity index (χ4n) is 2.36. The Balaban J connectivity index is 2.60. The standard InChI is InChI=1S/C16H19NO2/c1-4-5-12-6-7-15-13(9-12)14(10-17(15)3)16(19)8-11(2)18/h6-10,19H,4-5H2,1-3H3. The minimum atomic E-state index is -0.154. The molecule has 0 aliphatic rings.